The molecular formula is C23H21F2N5O3. The summed E-state index contributed by atoms with van der Waals surface area (Å²) in [6.07, 6.45) is 2.12. The molecule has 170 valence electrons. The molecule has 1 atom stereocenters. The minimum Gasteiger partial charge on any atom is -0.465 e. The summed E-state index contributed by atoms with van der Waals surface area (Å²) in [7, 11) is 0. The van der Waals surface area contributed by atoms with Crippen LogP contribution in [0.2, 0.25) is 0 Å². The molecule has 0 bridgehead atoms. The summed E-state index contributed by atoms with van der Waals surface area (Å²) >= 11 is 0. The number of aromatic amines is 1. The second-order valence-electron chi connectivity index (χ2n) is 8.04. The number of aromatic nitrogens is 4. The SMILES string of the molecule is Cc1ccn2c(C[C@H]3CN(C(=O)O)CCO3)c(-c3c(F)cc(-c4cc[nH]n4)cc3F)nc2c1. The zero-order valence-corrected chi connectivity index (χ0v) is 17.8. The van der Waals surface area contributed by atoms with E-state index in [2.05, 4.69) is 15.2 Å². The maximum absolute atomic E-state index is 15.3. The zero-order chi connectivity index (χ0) is 23.1. The molecule has 1 aromatic carbocycles. The molecule has 1 amide bonds. The summed E-state index contributed by atoms with van der Waals surface area (Å²) in [5, 5.41) is 16.0. The number of ether oxygens (including phenoxy) is 1. The van der Waals surface area contributed by atoms with Crippen LogP contribution in [0.1, 0.15) is 11.3 Å². The average Bonchev–Trinajstić information content (AvgIpc) is 3.42. The number of amides is 1. The van der Waals surface area contributed by atoms with Gasteiger partial charge in [-0.15, -0.1) is 0 Å². The third-order valence-electron chi connectivity index (χ3n) is 5.79. The number of aryl methyl sites for hydroxylation is 1. The van der Waals surface area contributed by atoms with Crippen LogP contribution in [-0.2, 0) is 11.2 Å². The number of hydrogen-bond acceptors (Lipinski definition) is 4. The molecule has 1 fully saturated rings. The quantitative estimate of drug-likeness (QED) is 0.489. The number of morpholine rings is 1. The summed E-state index contributed by atoms with van der Waals surface area (Å²) in [5.41, 5.74) is 2.70. The number of nitrogens with one attached hydrogen (secondary N) is 1. The third kappa shape index (κ3) is 3.93. The maximum atomic E-state index is 15.3. The smallest absolute Gasteiger partial charge is 0.407 e. The molecule has 5 rings (SSSR count). The standard InChI is InChI=1S/C23H21F2N5O3/c1-13-3-5-30-19(11-15-12-29(23(31)32)6-7-33-15)22(27-20(30)8-13)21-16(24)9-14(10-17(21)25)18-2-4-26-28-18/h2-5,8-10,15H,6-7,11-12H2,1H3,(H,26,28)(H,31,32)/t15-/m0/s1. The Kier molecular flexibility index (Phi) is 5.29. The van der Waals surface area contributed by atoms with Crippen molar-refractivity contribution >= 4 is 11.7 Å². The minimum atomic E-state index is -1.02. The highest BCUT2D eigenvalue weighted by atomic mass is 19.1. The first-order valence-electron chi connectivity index (χ1n) is 10.5. The van der Waals surface area contributed by atoms with Gasteiger partial charge in [-0.1, -0.05) is 0 Å². The molecule has 0 spiro atoms. The van der Waals surface area contributed by atoms with Crippen molar-refractivity contribution in [3.63, 3.8) is 0 Å². The Labute approximate surface area is 187 Å². The van der Waals surface area contributed by atoms with Gasteiger partial charge in [0.05, 0.1) is 41.9 Å². The number of fused-ring (bicyclic) bond motifs is 1. The molecule has 0 unspecified atom stereocenters. The van der Waals surface area contributed by atoms with Crippen molar-refractivity contribution in [3.05, 3.63) is 65.6 Å². The van der Waals surface area contributed by atoms with Crippen LogP contribution in [0.4, 0.5) is 13.6 Å². The van der Waals surface area contributed by atoms with Crippen LogP contribution in [0.3, 0.4) is 0 Å². The van der Waals surface area contributed by atoms with E-state index in [0.717, 1.165) is 5.56 Å². The fourth-order valence-corrected chi connectivity index (χ4v) is 4.19. The van der Waals surface area contributed by atoms with E-state index in [4.69, 9.17) is 4.74 Å². The molecule has 2 N–H and O–H groups in total. The van der Waals surface area contributed by atoms with Gasteiger partial charge in [0.15, 0.2) is 0 Å². The van der Waals surface area contributed by atoms with Gasteiger partial charge in [0, 0.05) is 30.9 Å². The maximum Gasteiger partial charge on any atom is 0.407 e. The molecular weight excluding hydrogens is 432 g/mol. The predicted molar refractivity (Wildman–Crippen MR) is 116 cm³/mol. The van der Waals surface area contributed by atoms with Crippen LogP contribution in [0.15, 0.2) is 42.7 Å². The predicted octanol–water partition coefficient (Wildman–Crippen LogP) is 3.90. The van der Waals surface area contributed by atoms with Gasteiger partial charge in [-0.3, -0.25) is 5.10 Å². The summed E-state index contributed by atoms with van der Waals surface area (Å²) in [4.78, 5) is 17.2. The van der Waals surface area contributed by atoms with Crippen LogP contribution < -0.4 is 0 Å². The first kappa shape index (κ1) is 21.1. The second kappa shape index (κ2) is 8.28. The minimum absolute atomic E-state index is 0.164. The van der Waals surface area contributed by atoms with Crippen molar-refractivity contribution in [1.82, 2.24) is 24.5 Å². The number of rotatable bonds is 4. The Morgan fingerprint density at radius 2 is 2.06 bits per heavy atom. The van der Waals surface area contributed by atoms with Gasteiger partial charge < -0.3 is 19.1 Å². The van der Waals surface area contributed by atoms with Crippen LogP contribution in [0, 0.1) is 18.6 Å². The Morgan fingerprint density at radius 1 is 1.27 bits per heavy atom. The summed E-state index contributed by atoms with van der Waals surface area (Å²) in [6.45, 7) is 2.60. The molecule has 1 aliphatic heterocycles. The number of hydrogen-bond donors (Lipinski definition) is 2. The van der Waals surface area contributed by atoms with Gasteiger partial charge in [0.2, 0.25) is 0 Å². The molecule has 4 heterocycles. The fourth-order valence-electron chi connectivity index (χ4n) is 4.19. The van der Waals surface area contributed by atoms with E-state index >= 15 is 8.78 Å². The van der Waals surface area contributed by atoms with Gasteiger partial charge in [0.25, 0.3) is 0 Å². The molecule has 1 aliphatic rings. The van der Waals surface area contributed by atoms with Gasteiger partial charge >= 0.3 is 6.09 Å². The monoisotopic (exact) mass is 453 g/mol. The molecule has 1 saturated heterocycles. The topological polar surface area (TPSA) is 95.8 Å². The van der Waals surface area contributed by atoms with Crippen molar-refractivity contribution in [2.75, 3.05) is 19.7 Å². The third-order valence-corrected chi connectivity index (χ3v) is 5.79. The lowest BCUT2D eigenvalue weighted by Crippen LogP contribution is -2.45. The van der Waals surface area contributed by atoms with Gasteiger partial charge in [-0.05, 0) is 42.8 Å². The van der Waals surface area contributed by atoms with E-state index in [1.807, 2.05) is 19.1 Å². The number of nitrogens with zero attached hydrogens (tertiary/aromatic N) is 4. The van der Waals surface area contributed by atoms with E-state index in [9.17, 15) is 9.90 Å². The first-order chi connectivity index (χ1) is 15.9. The molecule has 8 nitrogen and oxygen atoms in total. The normalized spacial score (nSPS) is 16.5. The Morgan fingerprint density at radius 3 is 2.76 bits per heavy atom. The number of H-pyrrole nitrogens is 1. The Bertz CT molecular complexity index is 1310. The molecule has 4 aromatic rings. The number of halogens is 2. The lowest BCUT2D eigenvalue weighted by molar-refractivity contribution is -0.0214. The molecule has 10 heteroatoms. The van der Waals surface area contributed by atoms with Crippen molar-refractivity contribution in [1.29, 1.82) is 0 Å². The van der Waals surface area contributed by atoms with Crippen LogP contribution in [0.25, 0.3) is 28.2 Å². The number of carboxylic acid groups (broad SMARTS) is 1. The molecule has 0 radical (unpaired) electrons. The lowest BCUT2D eigenvalue weighted by Gasteiger charge is -2.31. The van der Waals surface area contributed by atoms with E-state index < -0.39 is 23.8 Å². The zero-order valence-electron chi connectivity index (χ0n) is 17.8. The summed E-state index contributed by atoms with van der Waals surface area (Å²) in [6, 6.07) is 7.79. The van der Waals surface area contributed by atoms with Crippen molar-refractivity contribution in [2.45, 2.75) is 19.4 Å². The Hall–Kier alpha value is -3.79. The van der Waals surface area contributed by atoms with Crippen LogP contribution in [-0.4, -0.2) is 61.5 Å². The van der Waals surface area contributed by atoms with Gasteiger partial charge in [-0.25, -0.2) is 18.6 Å². The largest absolute Gasteiger partial charge is 0.465 e. The molecule has 3 aromatic heterocycles. The summed E-state index contributed by atoms with van der Waals surface area (Å²) in [5.74, 6) is -1.52. The van der Waals surface area contributed by atoms with Crippen molar-refractivity contribution in [2.24, 2.45) is 0 Å². The highest BCUT2D eigenvalue weighted by Crippen LogP contribution is 2.33. The highest BCUT2D eigenvalue weighted by Gasteiger charge is 2.28. The van der Waals surface area contributed by atoms with Gasteiger partial charge in [0.1, 0.15) is 17.3 Å². The lowest BCUT2D eigenvalue weighted by atomic mass is 10.0. The van der Waals surface area contributed by atoms with Crippen LogP contribution >= 0.6 is 0 Å². The van der Waals surface area contributed by atoms with E-state index in [1.54, 1.807) is 22.9 Å². The van der Waals surface area contributed by atoms with Crippen LogP contribution in [0.5, 0.6) is 0 Å². The van der Waals surface area contributed by atoms with E-state index in [-0.39, 0.29) is 37.4 Å². The number of pyridine rings is 1. The number of benzene rings is 1. The fraction of sp³-hybridized carbons (Fsp3) is 0.261. The summed E-state index contributed by atoms with van der Waals surface area (Å²) < 4.78 is 38.1. The highest BCUT2D eigenvalue weighted by molar-refractivity contribution is 5.72. The van der Waals surface area contributed by atoms with Gasteiger partial charge in [-0.2, -0.15) is 5.10 Å². The number of carbonyl (C=O) groups is 1. The van der Waals surface area contributed by atoms with E-state index in [0.29, 0.717) is 22.6 Å². The molecule has 0 aliphatic carbocycles. The second-order valence-corrected chi connectivity index (χ2v) is 8.04. The molecule has 0 saturated carbocycles. The van der Waals surface area contributed by atoms with Crippen molar-refractivity contribution < 1.29 is 23.4 Å². The van der Waals surface area contributed by atoms with E-state index in [1.165, 1.54) is 17.0 Å². The molecule has 33 heavy (non-hydrogen) atoms. The number of imidazole rings is 1. The Balaban J connectivity index is 1.61. The van der Waals surface area contributed by atoms with Crippen molar-refractivity contribution in [3.8, 4) is 22.5 Å². The first-order valence-corrected chi connectivity index (χ1v) is 10.5. The average molecular weight is 453 g/mol.